The molecule has 0 radical (unpaired) electrons. The summed E-state index contributed by atoms with van der Waals surface area (Å²) in [4.78, 5) is 19.1. The fourth-order valence-electron chi connectivity index (χ4n) is 1.47. The van der Waals surface area contributed by atoms with Gasteiger partial charge in [-0.05, 0) is 13.8 Å². The molecule has 0 aromatic carbocycles. The van der Waals surface area contributed by atoms with Gasteiger partial charge in [0.2, 0.25) is 17.8 Å². The molecule has 0 aliphatic heterocycles. The summed E-state index contributed by atoms with van der Waals surface area (Å²) >= 11 is 0. The molecule has 0 fully saturated rings. The number of aryl methyl sites for hydroxylation is 1. The van der Waals surface area contributed by atoms with Crippen LogP contribution in [0.2, 0.25) is 0 Å². The van der Waals surface area contributed by atoms with Crippen LogP contribution in [0.3, 0.4) is 0 Å². The lowest BCUT2D eigenvalue weighted by Gasteiger charge is -2.13. The highest BCUT2D eigenvalue weighted by Crippen LogP contribution is 2.14. The molecule has 7 heteroatoms. The summed E-state index contributed by atoms with van der Waals surface area (Å²) in [6.45, 7) is 3.94. The Balaban J connectivity index is 2.56. The largest absolute Gasteiger partial charge is 0.357 e. The maximum Gasteiger partial charge on any atom is 0.241 e. The van der Waals surface area contributed by atoms with Gasteiger partial charge in [0.15, 0.2) is 0 Å². The number of rotatable bonds is 3. The smallest absolute Gasteiger partial charge is 0.241 e. The zero-order valence-corrected chi connectivity index (χ0v) is 11.3. The minimum absolute atomic E-state index is 0.537. The zero-order chi connectivity index (χ0) is 13.3. The molecule has 0 aliphatic carbocycles. The first-order chi connectivity index (χ1) is 8.52. The van der Waals surface area contributed by atoms with Gasteiger partial charge in [-0.25, -0.2) is 4.98 Å². The van der Waals surface area contributed by atoms with Gasteiger partial charge in [0.05, 0.1) is 5.69 Å². The van der Waals surface area contributed by atoms with Crippen LogP contribution in [0.4, 0.5) is 11.9 Å². The van der Waals surface area contributed by atoms with Crippen molar-refractivity contribution in [2.75, 3.05) is 31.4 Å². The molecule has 0 spiro atoms. The molecule has 2 heterocycles. The van der Waals surface area contributed by atoms with Crippen LogP contribution in [0.1, 0.15) is 11.4 Å². The van der Waals surface area contributed by atoms with Crippen LogP contribution in [-0.2, 0) is 0 Å². The Morgan fingerprint density at radius 3 is 2.39 bits per heavy atom. The molecule has 2 aromatic heterocycles. The molecule has 0 atom stereocenters. The first kappa shape index (κ1) is 12.3. The van der Waals surface area contributed by atoms with Gasteiger partial charge in [-0.15, -0.1) is 0 Å². The summed E-state index contributed by atoms with van der Waals surface area (Å²) in [7, 11) is 5.57. The van der Waals surface area contributed by atoms with Gasteiger partial charge in [-0.2, -0.15) is 15.0 Å². The van der Waals surface area contributed by atoms with Crippen LogP contribution in [0, 0.1) is 13.8 Å². The summed E-state index contributed by atoms with van der Waals surface area (Å²) in [5.41, 5.74) is 1.99. The second-order valence-electron chi connectivity index (χ2n) is 4.19. The van der Waals surface area contributed by atoms with E-state index in [1.165, 1.54) is 0 Å². The predicted octanol–water partition coefficient (Wildman–Crippen LogP) is 0.782. The highest BCUT2D eigenvalue weighted by atomic mass is 15.3. The highest BCUT2D eigenvalue weighted by molar-refractivity contribution is 5.39. The van der Waals surface area contributed by atoms with Gasteiger partial charge in [0.1, 0.15) is 6.33 Å². The maximum atomic E-state index is 4.41. The molecule has 0 bridgehead atoms. The van der Waals surface area contributed by atoms with E-state index in [0.29, 0.717) is 17.8 Å². The summed E-state index contributed by atoms with van der Waals surface area (Å²) in [6, 6.07) is 0. The Hall–Kier alpha value is -2.18. The van der Waals surface area contributed by atoms with Crippen molar-refractivity contribution in [1.29, 1.82) is 0 Å². The molecule has 0 amide bonds. The molecule has 2 aromatic rings. The number of anilines is 2. The molecular formula is C11H17N7. The van der Waals surface area contributed by atoms with Gasteiger partial charge in [0, 0.05) is 26.8 Å². The lowest BCUT2D eigenvalue weighted by molar-refractivity contribution is 0.855. The Morgan fingerprint density at radius 2 is 1.89 bits per heavy atom. The van der Waals surface area contributed by atoms with Crippen molar-refractivity contribution in [1.82, 2.24) is 24.5 Å². The number of hydrogen-bond acceptors (Lipinski definition) is 6. The van der Waals surface area contributed by atoms with E-state index < -0.39 is 0 Å². The van der Waals surface area contributed by atoms with Crippen LogP contribution in [-0.4, -0.2) is 45.6 Å². The van der Waals surface area contributed by atoms with Crippen LogP contribution >= 0.6 is 0 Å². The van der Waals surface area contributed by atoms with Gasteiger partial charge < -0.3 is 10.2 Å². The molecular weight excluding hydrogens is 230 g/mol. The zero-order valence-electron chi connectivity index (χ0n) is 11.3. The number of nitrogens with zero attached hydrogens (tertiary/aromatic N) is 6. The summed E-state index contributed by atoms with van der Waals surface area (Å²) in [5, 5.41) is 2.94. The molecule has 0 aliphatic rings. The summed E-state index contributed by atoms with van der Waals surface area (Å²) in [5.74, 6) is 1.71. The number of nitrogens with one attached hydrogen (secondary N) is 1. The lowest BCUT2D eigenvalue weighted by Crippen LogP contribution is -2.17. The first-order valence-corrected chi connectivity index (χ1v) is 5.65. The molecule has 7 nitrogen and oxygen atoms in total. The van der Waals surface area contributed by atoms with E-state index in [9.17, 15) is 0 Å². The number of imidazole rings is 1. The monoisotopic (exact) mass is 247 g/mol. The van der Waals surface area contributed by atoms with Crippen LogP contribution in [0.5, 0.6) is 0 Å². The second-order valence-corrected chi connectivity index (χ2v) is 4.19. The molecule has 0 saturated heterocycles. The Kier molecular flexibility index (Phi) is 3.14. The van der Waals surface area contributed by atoms with Crippen molar-refractivity contribution in [2.45, 2.75) is 13.8 Å². The predicted molar refractivity (Wildman–Crippen MR) is 70.3 cm³/mol. The number of aromatic nitrogens is 5. The Morgan fingerprint density at radius 1 is 1.17 bits per heavy atom. The quantitative estimate of drug-likeness (QED) is 0.864. The summed E-state index contributed by atoms with van der Waals surface area (Å²) in [6.07, 6.45) is 1.72. The van der Waals surface area contributed by atoms with E-state index in [1.807, 2.05) is 37.4 Å². The van der Waals surface area contributed by atoms with Crippen molar-refractivity contribution >= 4 is 11.9 Å². The van der Waals surface area contributed by atoms with E-state index in [2.05, 4.69) is 25.3 Å². The SMILES string of the molecule is CNc1nc(N(C)C)nc(-n2cnc(C)c2C)n1. The first-order valence-electron chi connectivity index (χ1n) is 5.65. The average Bonchev–Trinajstić information content (AvgIpc) is 2.69. The fourth-order valence-corrected chi connectivity index (χ4v) is 1.47. The third-order valence-corrected chi connectivity index (χ3v) is 2.70. The molecule has 2 rings (SSSR count). The standard InChI is InChI=1S/C11H17N7/c1-7-8(2)18(6-13-7)11-15-9(12-3)14-10(16-11)17(4)5/h6H,1-5H3,(H,12,14,15,16). The lowest BCUT2D eigenvalue weighted by atomic mass is 10.4. The van der Waals surface area contributed by atoms with E-state index >= 15 is 0 Å². The van der Waals surface area contributed by atoms with E-state index in [0.717, 1.165) is 11.4 Å². The average molecular weight is 247 g/mol. The molecule has 0 unspecified atom stereocenters. The van der Waals surface area contributed by atoms with Crippen molar-refractivity contribution in [2.24, 2.45) is 0 Å². The van der Waals surface area contributed by atoms with Gasteiger partial charge in [-0.1, -0.05) is 0 Å². The van der Waals surface area contributed by atoms with Crippen LogP contribution in [0.15, 0.2) is 6.33 Å². The topological polar surface area (TPSA) is 71.8 Å². The fraction of sp³-hybridized carbons (Fsp3) is 0.455. The van der Waals surface area contributed by atoms with E-state index in [4.69, 9.17) is 0 Å². The minimum Gasteiger partial charge on any atom is -0.357 e. The molecule has 96 valence electrons. The van der Waals surface area contributed by atoms with Gasteiger partial charge in [0.25, 0.3) is 0 Å². The maximum absolute atomic E-state index is 4.41. The molecule has 0 saturated carbocycles. The van der Waals surface area contributed by atoms with Crippen molar-refractivity contribution in [3.05, 3.63) is 17.7 Å². The second kappa shape index (κ2) is 4.59. The Labute approximate surface area is 106 Å². The van der Waals surface area contributed by atoms with Crippen molar-refractivity contribution < 1.29 is 0 Å². The summed E-state index contributed by atoms with van der Waals surface area (Å²) < 4.78 is 1.85. The third kappa shape index (κ3) is 2.11. The normalized spacial score (nSPS) is 10.5. The molecule has 1 N–H and O–H groups in total. The van der Waals surface area contributed by atoms with Crippen molar-refractivity contribution in [3.8, 4) is 5.95 Å². The van der Waals surface area contributed by atoms with Gasteiger partial charge in [-0.3, -0.25) is 4.57 Å². The van der Waals surface area contributed by atoms with Gasteiger partial charge >= 0.3 is 0 Å². The van der Waals surface area contributed by atoms with Crippen molar-refractivity contribution in [3.63, 3.8) is 0 Å². The van der Waals surface area contributed by atoms with E-state index in [1.54, 1.807) is 13.4 Å². The third-order valence-electron chi connectivity index (χ3n) is 2.70. The molecule has 18 heavy (non-hydrogen) atoms. The van der Waals surface area contributed by atoms with Crippen LogP contribution in [0.25, 0.3) is 5.95 Å². The highest BCUT2D eigenvalue weighted by Gasteiger charge is 2.11. The van der Waals surface area contributed by atoms with E-state index in [-0.39, 0.29) is 0 Å². The number of hydrogen-bond donors (Lipinski definition) is 1. The Bertz CT molecular complexity index is 559. The van der Waals surface area contributed by atoms with Crippen LogP contribution < -0.4 is 10.2 Å². The minimum atomic E-state index is 0.537.